The van der Waals surface area contributed by atoms with Crippen LogP contribution < -0.4 is 10.6 Å². The molecule has 0 aromatic carbocycles. The molecular formula is C16H25BrN2O3S. The highest BCUT2D eigenvalue weighted by atomic mass is 79.9. The number of alkyl carbamates (subject to hydrolysis) is 1. The van der Waals surface area contributed by atoms with Gasteiger partial charge in [0.1, 0.15) is 5.60 Å². The lowest BCUT2D eigenvalue weighted by atomic mass is 9.82. The summed E-state index contributed by atoms with van der Waals surface area (Å²) in [5.74, 6) is 0. The van der Waals surface area contributed by atoms with Gasteiger partial charge in [0.15, 0.2) is 0 Å². The predicted molar refractivity (Wildman–Crippen MR) is 95.8 cm³/mol. The number of amides is 1. The summed E-state index contributed by atoms with van der Waals surface area (Å²) < 4.78 is 12.2. The Labute approximate surface area is 150 Å². The molecule has 1 heterocycles. The summed E-state index contributed by atoms with van der Waals surface area (Å²) in [7, 11) is 0. The second-order valence-electron chi connectivity index (χ2n) is 6.58. The molecule has 0 radical (unpaired) electrons. The van der Waals surface area contributed by atoms with Gasteiger partial charge in [-0.1, -0.05) is 0 Å². The summed E-state index contributed by atoms with van der Waals surface area (Å²) >= 11 is 5.24. The van der Waals surface area contributed by atoms with E-state index < -0.39 is 5.60 Å². The van der Waals surface area contributed by atoms with Gasteiger partial charge < -0.3 is 20.1 Å². The van der Waals surface area contributed by atoms with Gasteiger partial charge in [0.25, 0.3) is 0 Å². The molecule has 130 valence electrons. The fourth-order valence-corrected chi connectivity index (χ4v) is 3.98. The molecule has 3 unspecified atom stereocenters. The van der Waals surface area contributed by atoms with Crippen molar-refractivity contribution in [3.8, 4) is 0 Å². The van der Waals surface area contributed by atoms with Gasteiger partial charge >= 0.3 is 6.09 Å². The van der Waals surface area contributed by atoms with E-state index in [4.69, 9.17) is 9.47 Å². The normalized spacial score (nSPS) is 24.1. The maximum atomic E-state index is 12.0. The highest BCUT2D eigenvalue weighted by molar-refractivity contribution is 9.10. The minimum Gasteiger partial charge on any atom is -0.444 e. The van der Waals surface area contributed by atoms with Crippen molar-refractivity contribution in [1.29, 1.82) is 0 Å². The standard InChI is InChI=1S/C16H25BrN2O3S/c1-5-21-12-8-11(19-15(20)22-16(2,3)4)14(12)18-9-13-10(17)6-7-23-13/h6-7,11-12,14,18H,5,8-9H2,1-4H3,(H,19,20). The third-order valence-corrected chi connectivity index (χ3v) is 5.52. The van der Waals surface area contributed by atoms with Crippen molar-refractivity contribution in [3.05, 3.63) is 20.8 Å². The maximum absolute atomic E-state index is 12.0. The van der Waals surface area contributed by atoms with Crippen LogP contribution in [0.25, 0.3) is 0 Å². The van der Waals surface area contributed by atoms with Crippen LogP contribution in [0.4, 0.5) is 4.79 Å². The lowest BCUT2D eigenvalue weighted by molar-refractivity contribution is -0.0437. The molecule has 0 aliphatic heterocycles. The molecule has 2 rings (SSSR count). The molecule has 1 fully saturated rings. The van der Waals surface area contributed by atoms with Gasteiger partial charge in [0.2, 0.25) is 0 Å². The fourth-order valence-electron chi connectivity index (χ4n) is 2.54. The van der Waals surface area contributed by atoms with E-state index in [9.17, 15) is 4.79 Å². The lowest BCUT2D eigenvalue weighted by Gasteiger charge is -2.45. The van der Waals surface area contributed by atoms with Crippen LogP contribution in [0.5, 0.6) is 0 Å². The summed E-state index contributed by atoms with van der Waals surface area (Å²) in [4.78, 5) is 13.2. The van der Waals surface area contributed by atoms with Crippen molar-refractivity contribution < 1.29 is 14.3 Å². The van der Waals surface area contributed by atoms with Gasteiger partial charge in [-0.2, -0.15) is 0 Å². The molecule has 0 spiro atoms. The molecule has 23 heavy (non-hydrogen) atoms. The monoisotopic (exact) mass is 404 g/mol. The van der Waals surface area contributed by atoms with Gasteiger partial charge in [-0.3, -0.25) is 0 Å². The van der Waals surface area contributed by atoms with Crippen LogP contribution in [0.1, 0.15) is 39.0 Å². The van der Waals surface area contributed by atoms with E-state index in [0.29, 0.717) is 6.61 Å². The molecule has 2 N–H and O–H groups in total. The lowest BCUT2D eigenvalue weighted by Crippen LogP contribution is -2.66. The Morgan fingerprint density at radius 2 is 2.22 bits per heavy atom. The minimum atomic E-state index is -0.488. The molecule has 0 saturated heterocycles. The quantitative estimate of drug-likeness (QED) is 0.758. The molecule has 0 bridgehead atoms. The average Bonchev–Trinajstić information content (AvgIpc) is 2.81. The molecule has 1 aliphatic rings. The van der Waals surface area contributed by atoms with Crippen LogP contribution in [-0.4, -0.2) is 36.5 Å². The van der Waals surface area contributed by atoms with Crippen LogP contribution in [0.3, 0.4) is 0 Å². The number of halogens is 1. The molecule has 1 amide bonds. The Kier molecular flexibility index (Phi) is 6.48. The van der Waals surface area contributed by atoms with E-state index in [1.165, 1.54) is 4.88 Å². The first kappa shape index (κ1) is 18.7. The summed E-state index contributed by atoms with van der Waals surface area (Å²) in [6.45, 7) is 8.99. The summed E-state index contributed by atoms with van der Waals surface area (Å²) in [6.07, 6.45) is 0.552. The van der Waals surface area contributed by atoms with E-state index in [2.05, 4.69) is 31.9 Å². The van der Waals surface area contributed by atoms with E-state index in [1.54, 1.807) is 11.3 Å². The number of ether oxygens (including phenoxy) is 2. The second-order valence-corrected chi connectivity index (χ2v) is 8.44. The van der Waals surface area contributed by atoms with Gasteiger partial charge in [0, 0.05) is 22.5 Å². The van der Waals surface area contributed by atoms with Crippen molar-refractivity contribution in [1.82, 2.24) is 10.6 Å². The van der Waals surface area contributed by atoms with Gasteiger partial charge in [-0.15, -0.1) is 11.3 Å². The number of hydrogen-bond donors (Lipinski definition) is 2. The Morgan fingerprint density at radius 3 is 2.78 bits per heavy atom. The first-order valence-corrected chi connectivity index (χ1v) is 9.53. The first-order chi connectivity index (χ1) is 10.8. The number of hydrogen-bond acceptors (Lipinski definition) is 5. The third-order valence-electron chi connectivity index (χ3n) is 3.59. The van der Waals surface area contributed by atoms with E-state index >= 15 is 0 Å². The Balaban J connectivity index is 1.89. The molecule has 3 atom stereocenters. The molecule has 7 heteroatoms. The molecule has 1 aliphatic carbocycles. The number of thiophene rings is 1. The van der Waals surface area contributed by atoms with Crippen molar-refractivity contribution in [2.45, 2.75) is 64.4 Å². The van der Waals surface area contributed by atoms with Crippen LogP contribution >= 0.6 is 27.3 Å². The number of rotatable bonds is 6. The van der Waals surface area contributed by atoms with Crippen LogP contribution in [-0.2, 0) is 16.0 Å². The zero-order valence-corrected chi connectivity index (χ0v) is 16.4. The van der Waals surface area contributed by atoms with Crippen LogP contribution in [0.15, 0.2) is 15.9 Å². The zero-order chi connectivity index (χ0) is 17.0. The average molecular weight is 405 g/mol. The van der Waals surface area contributed by atoms with Gasteiger partial charge in [0.05, 0.1) is 18.2 Å². The third kappa shape index (κ3) is 5.45. The smallest absolute Gasteiger partial charge is 0.407 e. The summed E-state index contributed by atoms with van der Waals surface area (Å²) in [5.41, 5.74) is -0.488. The highest BCUT2D eigenvalue weighted by Gasteiger charge is 2.43. The van der Waals surface area contributed by atoms with E-state index in [-0.39, 0.29) is 24.3 Å². The zero-order valence-electron chi connectivity index (χ0n) is 14.0. The molecular weight excluding hydrogens is 380 g/mol. The Morgan fingerprint density at radius 1 is 1.48 bits per heavy atom. The van der Waals surface area contributed by atoms with Gasteiger partial charge in [-0.25, -0.2) is 4.79 Å². The molecule has 1 saturated carbocycles. The van der Waals surface area contributed by atoms with Crippen molar-refractivity contribution >= 4 is 33.4 Å². The van der Waals surface area contributed by atoms with E-state index in [1.807, 2.05) is 33.8 Å². The Bertz CT molecular complexity index is 530. The number of carbonyl (C=O) groups excluding carboxylic acids is 1. The topological polar surface area (TPSA) is 59.6 Å². The van der Waals surface area contributed by atoms with Crippen molar-refractivity contribution in [2.75, 3.05) is 6.61 Å². The summed E-state index contributed by atoms with van der Waals surface area (Å²) in [5, 5.41) is 8.50. The predicted octanol–water partition coefficient (Wildman–Crippen LogP) is 3.67. The summed E-state index contributed by atoms with van der Waals surface area (Å²) in [6, 6.07) is 2.16. The largest absolute Gasteiger partial charge is 0.444 e. The second kappa shape index (κ2) is 7.96. The minimum absolute atomic E-state index is 0.0279. The van der Waals surface area contributed by atoms with Gasteiger partial charge in [-0.05, 0) is 61.5 Å². The SMILES string of the molecule is CCOC1CC(NC(=O)OC(C)(C)C)C1NCc1sccc1Br. The molecule has 1 aromatic rings. The fraction of sp³-hybridized carbons (Fsp3) is 0.688. The van der Waals surface area contributed by atoms with E-state index in [0.717, 1.165) is 17.4 Å². The number of nitrogens with one attached hydrogen (secondary N) is 2. The van der Waals surface area contributed by atoms with Crippen LogP contribution in [0.2, 0.25) is 0 Å². The molecule has 1 aromatic heterocycles. The van der Waals surface area contributed by atoms with Crippen molar-refractivity contribution in [2.24, 2.45) is 0 Å². The maximum Gasteiger partial charge on any atom is 0.407 e. The molecule has 5 nitrogen and oxygen atoms in total. The Hall–Kier alpha value is -0.630. The highest BCUT2D eigenvalue weighted by Crippen LogP contribution is 2.27. The van der Waals surface area contributed by atoms with Crippen molar-refractivity contribution in [3.63, 3.8) is 0 Å². The number of carbonyl (C=O) groups is 1. The van der Waals surface area contributed by atoms with Crippen LogP contribution in [0, 0.1) is 0 Å². The first-order valence-electron chi connectivity index (χ1n) is 7.86.